The summed E-state index contributed by atoms with van der Waals surface area (Å²) in [4.78, 5) is 12.5. The Hall–Kier alpha value is -1.20. The van der Waals surface area contributed by atoms with Crippen LogP contribution in [0.1, 0.15) is 12.8 Å². The Balaban J connectivity index is 2.16. The third-order valence-corrected chi connectivity index (χ3v) is 2.82. The minimum Gasteiger partial charge on any atom is -0.369 e. The van der Waals surface area contributed by atoms with Gasteiger partial charge in [0.05, 0.1) is 11.0 Å². The first-order valence-electron chi connectivity index (χ1n) is 5.44. The van der Waals surface area contributed by atoms with Crippen LogP contribution in [0.5, 0.6) is 0 Å². The van der Waals surface area contributed by atoms with E-state index in [9.17, 15) is 10.1 Å². The molecular weight excluding hydrogens is 208 g/mol. The van der Waals surface area contributed by atoms with E-state index in [0.717, 1.165) is 12.8 Å². The molecule has 0 aromatic heterocycles. The molecule has 16 heavy (non-hydrogen) atoms. The van der Waals surface area contributed by atoms with Gasteiger partial charge in [0, 0.05) is 6.08 Å². The van der Waals surface area contributed by atoms with Crippen LogP contribution in [0, 0.1) is 10.1 Å². The van der Waals surface area contributed by atoms with Crippen molar-refractivity contribution in [2.75, 3.05) is 14.1 Å². The van der Waals surface area contributed by atoms with Crippen molar-refractivity contribution in [3.63, 3.8) is 0 Å². The van der Waals surface area contributed by atoms with E-state index in [4.69, 9.17) is 4.74 Å². The fraction of sp³-hybridized carbons (Fsp3) is 0.636. The zero-order valence-electron chi connectivity index (χ0n) is 9.50. The summed E-state index contributed by atoms with van der Waals surface area (Å²) in [7, 11) is 3.68. The van der Waals surface area contributed by atoms with E-state index < -0.39 is 0 Å². The molecule has 0 radical (unpaired) electrons. The lowest BCUT2D eigenvalue weighted by Gasteiger charge is -2.29. The number of hydrogen-bond donors (Lipinski definition) is 0. The third kappa shape index (κ3) is 2.31. The van der Waals surface area contributed by atoms with Gasteiger partial charge in [0.1, 0.15) is 12.1 Å². The highest BCUT2D eigenvalue weighted by Gasteiger charge is 2.38. The van der Waals surface area contributed by atoms with Crippen LogP contribution in [-0.4, -0.2) is 42.2 Å². The second-order valence-electron chi connectivity index (χ2n) is 4.44. The second-order valence-corrected chi connectivity index (χ2v) is 4.44. The van der Waals surface area contributed by atoms with E-state index in [1.807, 2.05) is 25.1 Å². The summed E-state index contributed by atoms with van der Waals surface area (Å²) in [5, 5.41) is 10.9. The van der Waals surface area contributed by atoms with Gasteiger partial charge in [-0.25, -0.2) is 0 Å². The van der Waals surface area contributed by atoms with Crippen LogP contribution in [0.15, 0.2) is 23.9 Å². The predicted octanol–water partition coefficient (Wildman–Crippen LogP) is 1.19. The van der Waals surface area contributed by atoms with Crippen LogP contribution in [0.3, 0.4) is 0 Å². The highest BCUT2D eigenvalue weighted by Crippen LogP contribution is 2.30. The number of likely N-dealkylation sites (N-methyl/N-ethyl adjacent to an activating group) is 1. The standard InChI is InChI=1S/C11H16N2O3/c1-12(2)11-9(13(14)15)4-3-5-10(11)16-8-6-7-8/h3-5,8,10-11H,6-7H2,1-2H3. The van der Waals surface area contributed by atoms with Crippen molar-refractivity contribution in [3.8, 4) is 0 Å². The van der Waals surface area contributed by atoms with Gasteiger partial charge in [-0.3, -0.25) is 15.0 Å². The monoisotopic (exact) mass is 224 g/mol. The molecule has 2 atom stereocenters. The van der Waals surface area contributed by atoms with Crippen molar-refractivity contribution >= 4 is 0 Å². The Kier molecular flexibility index (Phi) is 3.07. The average molecular weight is 224 g/mol. The normalized spacial score (nSPS) is 29.3. The van der Waals surface area contributed by atoms with Gasteiger partial charge in [-0.15, -0.1) is 0 Å². The topological polar surface area (TPSA) is 55.6 Å². The molecule has 5 heteroatoms. The van der Waals surface area contributed by atoms with E-state index >= 15 is 0 Å². The van der Waals surface area contributed by atoms with Crippen molar-refractivity contribution in [2.24, 2.45) is 0 Å². The second kappa shape index (κ2) is 4.35. The highest BCUT2D eigenvalue weighted by atomic mass is 16.6. The lowest BCUT2D eigenvalue weighted by Crippen LogP contribution is -2.44. The molecule has 1 fully saturated rings. The third-order valence-electron chi connectivity index (χ3n) is 2.82. The Morgan fingerprint density at radius 3 is 2.69 bits per heavy atom. The van der Waals surface area contributed by atoms with Crippen LogP contribution in [0.25, 0.3) is 0 Å². The molecule has 1 saturated carbocycles. The summed E-state index contributed by atoms with van der Waals surface area (Å²) in [6, 6.07) is -0.291. The molecule has 5 nitrogen and oxygen atoms in total. The highest BCUT2D eigenvalue weighted by molar-refractivity contribution is 5.23. The van der Waals surface area contributed by atoms with Crippen molar-refractivity contribution in [3.05, 3.63) is 34.0 Å². The maximum Gasteiger partial charge on any atom is 0.266 e. The van der Waals surface area contributed by atoms with Gasteiger partial charge in [-0.1, -0.05) is 12.2 Å². The molecule has 2 aliphatic carbocycles. The fourth-order valence-corrected chi connectivity index (χ4v) is 1.91. The zero-order valence-corrected chi connectivity index (χ0v) is 9.50. The first-order chi connectivity index (χ1) is 7.59. The molecule has 0 saturated heterocycles. The van der Waals surface area contributed by atoms with E-state index in [1.54, 1.807) is 12.2 Å². The fourth-order valence-electron chi connectivity index (χ4n) is 1.91. The summed E-state index contributed by atoms with van der Waals surface area (Å²) >= 11 is 0. The molecule has 0 amide bonds. The van der Waals surface area contributed by atoms with Gasteiger partial charge in [-0.05, 0) is 26.9 Å². The number of rotatable bonds is 4. The molecule has 0 aliphatic heterocycles. The van der Waals surface area contributed by atoms with Gasteiger partial charge < -0.3 is 4.74 Å². The largest absolute Gasteiger partial charge is 0.369 e. The molecule has 0 aromatic carbocycles. The number of nitrogens with zero attached hydrogens (tertiary/aromatic N) is 2. The summed E-state index contributed by atoms with van der Waals surface area (Å²) in [5.41, 5.74) is 0.207. The molecule has 0 bridgehead atoms. The molecule has 2 rings (SSSR count). The van der Waals surface area contributed by atoms with E-state index in [2.05, 4.69) is 0 Å². The maximum atomic E-state index is 10.9. The van der Waals surface area contributed by atoms with Gasteiger partial charge >= 0.3 is 0 Å². The molecule has 0 spiro atoms. The summed E-state index contributed by atoms with van der Waals surface area (Å²) in [6.07, 6.45) is 7.40. The van der Waals surface area contributed by atoms with Crippen LogP contribution in [0.4, 0.5) is 0 Å². The van der Waals surface area contributed by atoms with E-state index in [-0.39, 0.29) is 22.8 Å². The van der Waals surface area contributed by atoms with Gasteiger partial charge in [0.25, 0.3) is 5.70 Å². The Morgan fingerprint density at radius 1 is 1.50 bits per heavy atom. The first kappa shape index (κ1) is 11.3. The summed E-state index contributed by atoms with van der Waals surface area (Å²) in [5.74, 6) is 0. The summed E-state index contributed by atoms with van der Waals surface area (Å²) < 4.78 is 5.78. The summed E-state index contributed by atoms with van der Waals surface area (Å²) in [6.45, 7) is 0. The quantitative estimate of drug-likeness (QED) is 0.531. The lowest BCUT2D eigenvalue weighted by molar-refractivity contribution is -0.434. The first-order valence-corrected chi connectivity index (χ1v) is 5.44. The molecular formula is C11H16N2O3. The van der Waals surface area contributed by atoms with E-state index in [1.165, 1.54) is 0 Å². The van der Waals surface area contributed by atoms with Crippen LogP contribution < -0.4 is 0 Å². The van der Waals surface area contributed by atoms with Crippen LogP contribution >= 0.6 is 0 Å². The van der Waals surface area contributed by atoms with Gasteiger partial charge in [0.15, 0.2) is 0 Å². The molecule has 88 valence electrons. The number of nitro groups is 1. The van der Waals surface area contributed by atoms with Gasteiger partial charge in [-0.2, -0.15) is 0 Å². The van der Waals surface area contributed by atoms with Crippen LogP contribution in [0.2, 0.25) is 0 Å². The number of ether oxygens (including phenoxy) is 1. The average Bonchev–Trinajstić information content (AvgIpc) is 3.00. The zero-order chi connectivity index (χ0) is 11.7. The maximum absolute atomic E-state index is 10.9. The van der Waals surface area contributed by atoms with Crippen LogP contribution in [-0.2, 0) is 4.74 Å². The van der Waals surface area contributed by atoms with E-state index in [0.29, 0.717) is 6.10 Å². The Bertz CT molecular complexity index is 345. The molecule has 0 aromatic rings. The number of hydrogen-bond acceptors (Lipinski definition) is 4. The molecule has 0 heterocycles. The van der Waals surface area contributed by atoms with Gasteiger partial charge in [0.2, 0.25) is 0 Å². The molecule has 2 unspecified atom stereocenters. The van der Waals surface area contributed by atoms with Crippen molar-refractivity contribution in [2.45, 2.75) is 31.1 Å². The molecule has 0 N–H and O–H groups in total. The minimum atomic E-state index is -0.322. The smallest absolute Gasteiger partial charge is 0.266 e. The predicted molar refractivity (Wildman–Crippen MR) is 59.6 cm³/mol. The molecule has 2 aliphatic rings. The van der Waals surface area contributed by atoms with Crippen molar-refractivity contribution in [1.82, 2.24) is 4.90 Å². The van der Waals surface area contributed by atoms with Crippen molar-refractivity contribution in [1.29, 1.82) is 0 Å². The van der Waals surface area contributed by atoms with Crippen molar-refractivity contribution < 1.29 is 9.66 Å². The Morgan fingerprint density at radius 2 is 2.19 bits per heavy atom. The number of allylic oxidation sites excluding steroid dienone is 2. The SMILES string of the molecule is CN(C)C1C([N+](=O)[O-])=CC=CC1OC1CC1. The lowest BCUT2D eigenvalue weighted by atomic mass is 10.0. The Labute approximate surface area is 94.5 Å². The minimum absolute atomic E-state index is 0.201.